The molecule has 6 nitrogen and oxygen atoms in total. The Balaban J connectivity index is 1.33. The van der Waals surface area contributed by atoms with E-state index in [-0.39, 0.29) is 5.91 Å². The van der Waals surface area contributed by atoms with Gasteiger partial charge in [0.25, 0.3) is 0 Å². The van der Waals surface area contributed by atoms with Gasteiger partial charge in [-0.05, 0) is 19.8 Å². The van der Waals surface area contributed by atoms with Gasteiger partial charge in [0, 0.05) is 31.0 Å². The van der Waals surface area contributed by atoms with Crippen LogP contribution in [0.3, 0.4) is 0 Å². The number of hydrogen-bond donors (Lipinski definition) is 1. The first-order chi connectivity index (χ1) is 9.69. The first-order valence-corrected chi connectivity index (χ1v) is 7.30. The van der Waals surface area contributed by atoms with Crippen LogP contribution < -0.4 is 5.32 Å². The van der Waals surface area contributed by atoms with Gasteiger partial charge in [-0.25, -0.2) is 0 Å². The maximum atomic E-state index is 12.0. The maximum Gasteiger partial charge on any atom is 0.239 e. The van der Waals surface area contributed by atoms with Gasteiger partial charge in [-0.2, -0.15) is 0 Å². The van der Waals surface area contributed by atoms with Gasteiger partial charge in [0.1, 0.15) is 5.76 Å². The molecule has 1 aromatic heterocycles. The predicted octanol–water partition coefficient (Wildman–Crippen LogP) is 1.03. The molecule has 108 valence electrons. The Labute approximate surface area is 117 Å². The zero-order valence-electron chi connectivity index (χ0n) is 11.5. The van der Waals surface area contributed by atoms with Crippen molar-refractivity contribution in [1.82, 2.24) is 10.1 Å². The molecule has 0 aliphatic carbocycles. The summed E-state index contributed by atoms with van der Waals surface area (Å²) in [6.45, 7) is 4.20. The second-order valence-corrected chi connectivity index (χ2v) is 6.18. The molecular weight excluding hydrogens is 258 g/mol. The molecule has 3 aliphatic rings. The molecule has 4 rings (SSSR count). The van der Waals surface area contributed by atoms with Crippen molar-refractivity contribution in [2.45, 2.75) is 32.0 Å². The Morgan fingerprint density at radius 3 is 2.70 bits per heavy atom. The van der Waals surface area contributed by atoms with Gasteiger partial charge in [-0.3, -0.25) is 9.69 Å². The summed E-state index contributed by atoms with van der Waals surface area (Å²) in [5.74, 6) is 2.44. The summed E-state index contributed by atoms with van der Waals surface area (Å²) < 4.78 is 10.9. The average Bonchev–Trinajstić information content (AvgIpc) is 3.10. The highest BCUT2D eigenvalue weighted by molar-refractivity contribution is 5.91. The second kappa shape index (κ2) is 4.56. The van der Waals surface area contributed by atoms with Crippen LogP contribution in [-0.4, -0.2) is 47.8 Å². The monoisotopic (exact) mass is 277 g/mol. The lowest BCUT2D eigenvalue weighted by Gasteiger charge is -2.18. The number of rotatable bonds is 3. The SMILES string of the molecule is Cc1cc(NC(=O)CN2C[C@@H]3[C@@H](C2)[C@H]2CC[C@H]3O2)no1. The van der Waals surface area contributed by atoms with Crippen molar-refractivity contribution < 1.29 is 14.1 Å². The van der Waals surface area contributed by atoms with Gasteiger partial charge in [-0.15, -0.1) is 0 Å². The third-order valence-electron chi connectivity index (χ3n) is 4.79. The van der Waals surface area contributed by atoms with E-state index in [2.05, 4.69) is 15.4 Å². The molecule has 3 saturated heterocycles. The molecule has 0 saturated carbocycles. The van der Waals surface area contributed by atoms with Crippen LogP contribution >= 0.6 is 0 Å². The van der Waals surface area contributed by atoms with Crippen LogP contribution in [0.25, 0.3) is 0 Å². The Kier molecular flexibility index (Phi) is 2.82. The topological polar surface area (TPSA) is 67.6 Å². The normalized spacial score (nSPS) is 35.5. The van der Waals surface area contributed by atoms with Gasteiger partial charge < -0.3 is 14.6 Å². The average molecular weight is 277 g/mol. The van der Waals surface area contributed by atoms with Crippen LogP contribution in [0.2, 0.25) is 0 Å². The third kappa shape index (κ3) is 2.03. The van der Waals surface area contributed by atoms with Crippen LogP contribution in [0, 0.1) is 18.8 Å². The molecule has 6 heteroatoms. The molecule has 4 atom stereocenters. The van der Waals surface area contributed by atoms with E-state index in [9.17, 15) is 4.79 Å². The van der Waals surface area contributed by atoms with E-state index in [1.807, 2.05) is 0 Å². The van der Waals surface area contributed by atoms with Crippen molar-refractivity contribution in [2.75, 3.05) is 25.0 Å². The van der Waals surface area contributed by atoms with E-state index < -0.39 is 0 Å². The number of nitrogens with zero attached hydrogens (tertiary/aromatic N) is 2. The molecule has 1 N–H and O–H groups in total. The van der Waals surface area contributed by atoms with Crippen molar-refractivity contribution in [3.63, 3.8) is 0 Å². The number of carbonyl (C=O) groups excluding carboxylic acids is 1. The summed E-state index contributed by atoms with van der Waals surface area (Å²) in [5.41, 5.74) is 0. The largest absolute Gasteiger partial charge is 0.374 e. The number of carbonyl (C=O) groups is 1. The number of nitrogens with one attached hydrogen (secondary N) is 1. The highest BCUT2D eigenvalue weighted by atomic mass is 16.5. The Morgan fingerprint density at radius 2 is 2.10 bits per heavy atom. The van der Waals surface area contributed by atoms with Crippen molar-refractivity contribution in [3.8, 4) is 0 Å². The lowest BCUT2D eigenvalue weighted by Crippen LogP contribution is -2.33. The summed E-state index contributed by atoms with van der Waals surface area (Å²) >= 11 is 0. The molecule has 20 heavy (non-hydrogen) atoms. The van der Waals surface area contributed by atoms with E-state index in [1.165, 1.54) is 12.8 Å². The van der Waals surface area contributed by atoms with Crippen molar-refractivity contribution in [3.05, 3.63) is 11.8 Å². The number of anilines is 1. The molecule has 4 heterocycles. The van der Waals surface area contributed by atoms with E-state index in [0.717, 1.165) is 13.1 Å². The van der Waals surface area contributed by atoms with Crippen LogP contribution in [0.1, 0.15) is 18.6 Å². The molecule has 3 fully saturated rings. The quantitative estimate of drug-likeness (QED) is 0.894. The number of amides is 1. The third-order valence-corrected chi connectivity index (χ3v) is 4.79. The number of aromatic nitrogens is 1. The van der Waals surface area contributed by atoms with Crippen LogP contribution in [-0.2, 0) is 9.53 Å². The van der Waals surface area contributed by atoms with E-state index in [1.54, 1.807) is 13.0 Å². The number of aryl methyl sites for hydroxylation is 1. The van der Waals surface area contributed by atoms with Gasteiger partial charge >= 0.3 is 0 Å². The Morgan fingerprint density at radius 1 is 1.40 bits per heavy atom. The molecule has 3 aliphatic heterocycles. The molecular formula is C14H19N3O3. The number of fused-ring (bicyclic) bond motifs is 5. The minimum atomic E-state index is -0.0217. The summed E-state index contributed by atoms with van der Waals surface area (Å²) in [5, 5.41) is 6.55. The van der Waals surface area contributed by atoms with Crippen molar-refractivity contribution >= 4 is 11.7 Å². The fourth-order valence-corrected chi connectivity index (χ4v) is 3.99. The summed E-state index contributed by atoms with van der Waals surface area (Å²) in [6, 6.07) is 1.73. The zero-order valence-corrected chi connectivity index (χ0v) is 11.5. The Hall–Kier alpha value is -1.40. The van der Waals surface area contributed by atoms with Crippen LogP contribution in [0.15, 0.2) is 10.6 Å². The number of hydrogen-bond acceptors (Lipinski definition) is 5. The Bertz CT molecular complexity index is 511. The fraction of sp³-hybridized carbons (Fsp3) is 0.714. The summed E-state index contributed by atoms with van der Waals surface area (Å²) in [7, 11) is 0. The lowest BCUT2D eigenvalue weighted by atomic mass is 9.82. The van der Waals surface area contributed by atoms with Gasteiger partial charge in [0.2, 0.25) is 5.91 Å². The van der Waals surface area contributed by atoms with Gasteiger partial charge in [0.05, 0.1) is 18.8 Å². The maximum absolute atomic E-state index is 12.0. The number of likely N-dealkylation sites (tertiary alicyclic amines) is 1. The lowest BCUT2D eigenvalue weighted by molar-refractivity contribution is -0.117. The standard InChI is InChI=1S/C14H19N3O3/c1-8-4-13(16-20-8)15-14(18)7-17-5-9-10(6-17)12-3-2-11(9)19-12/h4,9-12H,2-3,5-7H2,1H3,(H,15,16,18)/t9-,10-,11-,12-/m1/s1. The van der Waals surface area contributed by atoms with E-state index >= 15 is 0 Å². The second-order valence-electron chi connectivity index (χ2n) is 6.18. The molecule has 0 unspecified atom stereocenters. The van der Waals surface area contributed by atoms with Crippen molar-refractivity contribution in [2.24, 2.45) is 11.8 Å². The fourth-order valence-electron chi connectivity index (χ4n) is 3.99. The molecule has 0 spiro atoms. The van der Waals surface area contributed by atoms with Crippen molar-refractivity contribution in [1.29, 1.82) is 0 Å². The molecule has 0 aromatic carbocycles. The first kappa shape index (κ1) is 12.3. The van der Waals surface area contributed by atoms with Crippen LogP contribution in [0.5, 0.6) is 0 Å². The minimum absolute atomic E-state index is 0.0217. The molecule has 1 amide bonds. The minimum Gasteiger partial charge on any atom is -0.374 e. The predicted molar refractivity (Wildman–Crippen MR) is 71.2 cm³/mol. The molecule has 0 radical (unpaired) electrons. The highest BCUT2D eigenvalue weighted by Crippen LogP contribution is 2.46. The highest BCUT2D eigenvalue weighted by Gasteiger charge is 2.52. The molecule has 2 bridgehead atoms. The molecule has 1 aromatic rings. The zero-order chi connectivity index (χ0) is 13.7. The van der Waals surface area contributed by atoms with E-state index in [0.29, 0.717) is 42.2 Å². The first-order valence-electron chi connectivity index (χ1n) is 7.30. The smallest absolute Gasteiger partial charge is 0.239 e. The van der Waals surface area contributed by atoms with E-state index in [4.69, 9.17) is 9.26 Å². The van der Waals surface area contributed by atoms with Crippen LogP contribution in [0.4, 0.5) is 5.82 Å². The summed E-state index contributed by atoms with van der Waals surface area (Å²) in [6.07, 6.45) is 3.28. The van der Waals surface area contributed by atoms with Gasteiger partial charge in [0.15, 0.2) is 5.82 Å². The summed E-state index contributed by atoms with van der Waals surface area (Å²) in [4.78, 5) is 14.3. The van der Waals surface area contributed by atoms with Gasteiger partial charge in [-0.1, -0.05) is 5.16 Å². The number of ether oxygens (including phenoxy) is 1.